The van der Waals surface area contributed by atoms with E-state index in [1.807, 2.05) is 79.0 Å². The molecule has 5 rings (SSSR count). The minimum Gasteiger partial charge on any atom is -0.478 e. The van der Waals surface area contributed by atoms with Gasteiger partial charge in [0, 0.05) is 23.6 Å². The van der Waals surface area contributed by atoms with E-state index in [0.29, 0.717) is 23.6 Å². The molecular weight excluding hydrogens is 468 g/mol. The third kappa shape index (κ3) is 5.13. The first-order chi connectivity index (χ1) is 18.0. The van der Waals surface area contributed by atoms with Crippen LogP contribution in [0.4, 0.5) is 11.4 Å². The van der Waals surface area contributed by atoms with Crippen LogP contribution in [0.25, 0.3) is 5.70 Å². The van der Waals surface area contributed by atoms with E-state index < -0.39 is 18.0 Å². The normalized spacial score (nSPS) is 16.4. The van der Waals surface area contributed by atoms with Crippen molar-refractivity contribution in [2.24, 2.45) is 0 Å². The number of hydrogen-bond donors (Lipinski definition) is 4. The second kappa shape index (κ2) is 10.2. The number of dihydropyridines is 2. The van der Waals surface area contributed by atoms with E-state index in [1.54, 1.807) is 6.08 Å². The van der Waals surface area contributed by atoms with E-state index >= 15 is 0 Å². The van der Waals surface area contributed by atoms with Crippen LogP contribution in [-0.2, 0) is 4.79 Å². The highest BCUT2D eigenvalue weighted by atomic mass is 16.4. The van der Waals surface area contributed by atoms with Gasteiger partial charge in [-0.2, -0.15) is 0 Å². The van der Waals surface area contributed by atoms with Crippen molar-refractivity contribution in [3.63, 3.8) is 0 Å². The van der Waals surface area contributed by atoms with E-state index in [2.05, 4.69) is 15.5 Å². The number of nitrogens with one attached hydrogen (secondary N) is 2. The second-order valence-corrected chi connectivity index (χ2v) is 8.45. The number of allylic oxidation sites excluding steroid dienone is 1. The molecule has 0 bridgehead atoms. The monoisotopic (exact) mass is 492 g/mol. The van der Waals surface area contributed by atoms with E-state index in [9.17, 15) is 19.8 Å². The summed E-state index contributed by atoms with van der Waals surface area (Å²) in [6, 6.07) is 22.5. The highest BCUT2D eigenvalue weighted by Crippen LogP contribution is 2.33. The molecule has 0 aliphatic carbocycles. The van der Waals surface area contributed by atoms with Gasteiger partial charge in [-0.05, 0) is 60.8 Å². The number of benzene rings is 2. The standard InChI is InChI=1S/C29H24N4O4/c34-28(35)19-11-13-30-24(15-19)26-16-20(29(36)37)17-27(32-26)25-18-23(12-14-31-25)33(21-7-3-1-4-8-21)22-9-5-2-6-10-22/h1-12,14-18,25,30-31H,13H2,(H,34,35)(H,36,37). The van der Waals surface area contributed by atoms with Crippen molar-refractivity contribution in [2.75, 3.05) is 11.4 Å². The van der Waals surface area contributed by atoms with Crippen molar-refractivity contribution in [3.05, 3.63) is 132 Å². The predicted octanol–water partition coefficient (Wildman–Crippen LogP) is 4.62. The number of aromatic carboxylic acids is 1. The van der Waals surface area contributed by atoms with Crippen LogP contribution < -0.4 is 15.5 Å². The highest BCUT2D eigenvalue weighted by Gasteiger charge is 2.22. The van der Waals surface area contributed by atoms with Gasteiger partial charge in [0.1, 0.15) is 0 Å². The number of nitrogens with zero attached hydrogens (tertiary/aromatic N) is 2. The van der Waals surface area contributed by atoms with E-state index in [1.165, 1.54) is 18.2 Å². The van der Waals surface area contributed by atoms with Gasteiger partial charge in [-0.25, -0.2) is 14.6 Å². The Morgan fingerprint density at radius 1 is 0.919 bits per heavy atom. The molecule has 4 N–H and O–H groups in total. The van der Waals surface area contributed by atoms with Gasteiger partial charge < -0.3 is 25.7 Å². The summed E-state index contributed by atoms with van der Waals surface area (Å²) in [6.45, 7) is 0.305. The summed E-state index contributed by atoms with van der Waals surface area (Å²) in [5.41, 5.74) is 4.32. The van der Waals surface area contributed by atoms with Crippen molar-refractivity contribution in [2.45, 2.75) is 6.04 Å². The zero-order chi connectivity index (χ0) is 25.8. The number of carboxylic acid groups (broad SMARTS) is 2. The molecule has 3 heterocycles. The second-order valence-electron chi connectivity index (χ2n) is 8.45. The molecule has 184 valence electrons. The number of aliphatic carboxylic acids is 1. The van der Waals surface area contributed by atoms with Gasteiger partial charge in [0.2, 0.25) is 0 Å². The van der Waals surface area contributed by atoms with Gasteiger partial charge in [-0.15, -0.1) is 0 Å². The maximum atomic E-state index is 12.0. The van der Waals surface area contributed by atoms with Crippen molar-refractivity contribution >= 4 is 29.0 Å². The Bertz CT molecular complexity index is 1420. The van der Waals surface area contributed by atoms with Crippen LogP contribution in [-0.4, -0.2) is 33.7 Å². The SMILES string of the molecule is O=C(O)C1=CCNC(c2cc(C(=O)O)cc(C3C=C(N(c4ccccc4)c4ccccc4)C=CN3)n2)=C1. The molecule has 1 aromatic heterocycles. The summed E-state index contributed by atoms with van der Waals surface area (Å²) in [6.07, 6.45) is 8.78. The lowest BCUT2D eigenvalue weighted by Gasteiger charge is -2.30. The van der Waals surface area contributed by atoms with Crippen molar-refractivity contribution < 1.29 is 19.8 Å². The molecule has 0 amide bonds. The number of pyridine rings is 1. The average molecular weight is 493 g/mol. The maximum Gasteiger partial charge on any atom is 0.335 e. The third-order valence-corrected chi connectivity index (χ3v) is 6.00. The summed E-state index contributed by atoms with van der Waals surface area (Å²) < 4.78 is 0. The van der Waals surface area contributed by atoms with Crippen LogP contribution in [0, 0.1) is 0 Å². The average Bonchev–Trinajstić information content (AvgIpc) is 2.94. The quantitative estimate of drug-likeness (QED) is 0.378. The van der Waals surface area contributed by atoms with Crippen molar-refractivity contribution in [3.8, 4) is 0 Å². The fourth-order valence-corrected chi connectivity index (χ4v) is 4.26. The third-order valence-electron chi connectivity index (χ3n) is 6.00. The molecule has 1 atom stereocenters. The highest BCUT2D eigenvalue weighted by molar-refractivity contribution is 5.94. The Labute approximate surface area is 213 Å². The van der Waals surface area contributed by atoms with Crippen LogP contribution in [0.15, 0.2) is 115 Å². The molecule has 3 aromatic rings. The molecule has 37 heavy (non-hydrogen) atoms. The first-order valence-corrected chi connectivity index (χ1v) is 11.7. The topological polar surface area (TPSA) is 115 Å². The summed E-state index contributed by atoms with van der Waals surface area (Å²) in [5, 5.41) is 25.5. The van der Waals surface area contributed by atoms with Crippen molar-refractivity contribution in [1.29, 1.82) is 0 Å². The summed E-state index contributed by atoms with van der Waals surface area (Å²) >= 11 is 0. The Balaban J connectivity index is 1.57. The van der Waals surface area contributed by atoms with Gasteiger partial charge >= 0.3 is 11.9 Å². The minimum absolute atomic E-state index is 0.0587. The number of para-hydroxylation sites is 2. The lowest BCUT2D eigenvalue weighted by molar-refractivity contribution is -0.132. The van der Waals surface area contributed by atoms with Gasteiger partial charge in [-0.1, -0.05) is 42.5 Å². The number of anilines is 2. The molecule has 8 heteroatoms. The molecule has 2 aromatic carbocycles. The molecular formula is C29H24N4O4. The Morgan fingerprint density at radius 2 is 1.59 bits per heavy atom. The predicted molar refractivity (Wildman–Crippen MR) is 141 cm³/mol. The molecule has 2 aliphatic rings. The Morgan fingerprint density at radius 3 is 2.22 bits per heavy atom. The molecule has 0 saturated heterocycles. The molecule has 0 fully saturated rings. The number of carbonyl (C=O) groups is 2. The van der Waals surface area contributed by atoms with Crippen LogP contribution >= 0.6 is 0 Å². The Hall–Kier alpha value is -5.11. The number of rotatable bonds is 7. The van der Waals surface area contributed by atoms with Gasteiger partial charge in [0.05, 0.1) is 34.3 Å². The fraction of sp³-hybridized carbons (Fsp3) is 0.0690. The molecule has 0 spiro atoms. The number of carboxylic acids is 2. The lowest BCUT2D eigenvalue weighted by atomic mass is 10.0. The summed E-state index contributed by atoms with van der Waals surface area (Å²) in [7, 11) is 0. The summed E-state index contributed by atoms with van der Waals surface area (Å²) in [4.78, 5) is 30.3. The molecule has 2 aliphatic heterocycles. The van der Waals surface area contributed by atoms with E-state index in [4.69, 9.17) is 4.98 Å². The van der Waals surface area contributed by atoms with Crippen LogP contribution in [0.2, 0.25) is 0 Å². The maximum absolute atomic E-state index is 12.0. The van der Waals surface area contributed by atoms with E-state index in [0.717, 1.165) is 17.1 Å². The van der Waals surface area contributed by atoms with Crippen LogP contribution in [0.5, 0.6) is 0 Å². The molecule has 8 nitrogen and oxygen atoms in total. The number of aromatic nitrogens is 1. The van der Waals surface area contributed by atoms with Gasteiger partial charge in [-0.3, -0.25) is 0 Å². The van der Waals surface area contributed by atoms with Gasteiger partial charge in [0.25, 0.3) is 0 Å². The van der Waals surface area contributed by atoms with Crippen LogP contribution in [0.3, 0.4) is 0 Å². The largest absolute Gasteiger partial charge is 0.478 e. The van der Waals surface area contributed by atoms with E-state index in [-0.39, 0.29) is 11.1 Å². The molecule has 0 radical (unpaired) electrons. The first kappa shape index (κ1) is 23.6. The van der Waals surface area contributed by atoms with Gasteiger partial charge in [0.15, 0.2) is 0 Å². The zero-order valence-corrected chi connectivity index (χ0v) is 19.7. The summed E-state index contributed by atoms with van der Waals surface area (Å²) in [5.74, 6) is -2.15. The smallest absolute Gasteiger partial charge is 0.335 e. The lowest BCUT2D eigenvalue weighted by Crippen LogP contribution is -2.25. The fourth-order valence-electron chi connectivity index (χ4n) is 4.26. The molecule has 0 saturated carbocycles. The Kier molecular flexibility index (Phi) is 6.54. The first-order valence-electron chi connectivity index (χ1n) is 11.7. The molecule has 1 unspecified atom stereocenters. The van der Waals surface area contributed by atoms with Crippen LogP contribution in [0.1, 0.15) is 27.8 Å². The van der Waals surface area contributed by atoms with Crippen molar-refractivity contribution in [1.82, 2.24) is 15.6 Å². The zero-order valence-electron chi connectivity index (χ0n) is 19.7. The minimum atomic E-state index is -1.10. The number of hydrogen-bond acceptors (Lipinski definition) is 6.